The highest BCUT2D eigenvalue weighted by molar-refractivity contribution is 5.86. The number of carbonyl (C=O) groups is 1. The second-order valence-corrected chi connectivity index (χ2v) is 6.71. The third-order valence-corrected chi connectivity index (χ3v) is 3.83. The van der Waals surface area contributed by atoms with Crippen LogP contribution in [0.3, 0.4) is 0 Å². The van der Waals surface area contributed by atoms with Gasteiger partial charge < -0.3 is 9.47 Å². The highest BCUT2D eigenvalue weighted by Crippen LogP contribution is 2.47. The number of esters is 1. The molecule has 0 N–H and O–H groups in total. The van der Waals surface area contributed by atoms with Gasteiger partial charge in [-0.05, 0) is 30.6 Å². The Morgan fingerprint density at radius 3 is 2.17 bits per heavy atom. The lowest BCUT2D eigenvalue weighted by atomic mass is 9.63. The molecule has 1 fully saturated rings. The highest BCUT2D eigenvalue weighted by Gasteiger charge is 2.44. The largest absolute Gasteiger partial charge is 0.435 e. The molecule has 0 saturated heterocycles. The highest BCUT2D eigenvalue weighted by atomic mass is 16.7. The smallest absolute Gasteiger partial charge is 0.335 e. The fourth-order valence-electron chi connectivity index (χ4n) is 3.05. The SMILES string of the molecule is C=C(C)C(=O)OCOC1C(C)(C)CCCC1(C)C. The summed E-state index contributed by atoms with van der Waals surface area (Å²) in [7, 11) is 0. The first-order valence-electron chi connectivity index (χ1n) is 6.61. The number of ether oxygens (including phenoxy) is 2. The predicted molar refractivity (Wildman–Crippen MR) is 72.1 cm³/mol. The average Bonchev–Trinajstić information content (AvgIpc) is 2.20. The predicted octanol–water partition coefficient (Wildman–Crippen LogP) is 3.68. The van der Waals surface area contributed by atoms with Crippen molar-refractivity contribution in [3.63, 3.8) is 0 Å². The Hall–Kier alpha value is -0.830. The molecule has 0 radical (unpaired) electrons. The summed E-state index contributed by atoms with van der Waals surface area (Å²) in [6, 6.07) is 0. The minimum Gasteiger partial charge on any atom is -0.435 e. The summed E-state index contributed by atoms with van der Waals surface area (Å²) in [5.41, 5.74) is 0.648. The zero-order chi connectivity index (χ0) is 14.0. The van der Waals surface area contributed by atoms with E-state index in [2.05, 4.69) is 34.3 Å². The van der Waals surface area contributed by atoms with Gasteiger partial charge in [-0.25, -0.2) is 4.79 Å². The molecular weight excluding hydrogens is 228 g/mol. The summed E-state index contributed by atoms with van der Waals surface area (Å²) >= 11 is 0. The van der Waals surface area contributed by atoms with Crippen molar-refractivity contribution in [1.29, 1.82) is 0 Å². The number of hydrogen-bond acceptors (Lipinski definition) is 3. The zero-order valence-corrected chi connectivity index (χ0v) is 12.3. The van der Waals surface area contributed by atoms with Gasteiger partial charge in [-0.3, -0.25) is 0 Å². The quantitative estimate of drug-likeness (QED) is 0.436. The minimum atomic E-state index is -0.388. The van der Waals surface area contributed by atoms with E-state index in [-0.39, 0.29) is 29.7 Å². The second-order valence-electron chi connectivity index (χ2n) is 6.71. The van der Waals surface area contributed by atoms with E-state index < -0.39 is 0 Å². The third-order valence-electron chi connectivity index (χ3n) is 3.83. The van der Waals surface area contributed by atoms with Crippen LogP contribution in [0.15, 0.2) is 12.2 Å². The van der Waals surface area contributed by atoms with Gasteiger partial charge in [-0.2, -0.15) is 0 Å². The summed E-state index contributed by atoms with van der Waals surface area (Å²) in [4.78, 5) is 11.3. The van der Waals surface area contributed by atoms with Crippen molar-refractivity contribution in [2.45, 2.75) is 60.0 Å². The summed E-state index contributed by atoms with van der Waals surface area (Å²) in [6.07, 6.45) is 3.63. The molecule has 0 aliphatic heterocycles. The Morgan fingerprint density at radius 1 is 1.22 bits per heavy atom. The van der Waals surface area contributed by atoms with Gasteiger partial charge in [0.15, 0.2) is 6.79 Å². The molecule has 0 aromatic heterocycles. The van der Waals surface area contributed by atoms with E-state index in [4.69, 9.17) is 9.47 Å². The molecule has 0 heterocycles. The molecule has 3 heteroatoms. The summed E-state index contributed by atoms with van der Waals surface area (Å²) in [6.45, 7) is 14.1. The first kappa shape index (κ1) is 15.2. The van der Waals surface area contributed by atoms with E-state index in [9.17, 15) is 4.79 Å². The van der Waals surface area contributed by atoms with Crippen LogP contribution in [-0.2, 0) is 14.3 Å². The third kappa shape index (κ3) is 3.58. The summed E-state index contributed by atoms with van der Waals surface area (Å²) in [5.74, 6) is -0.388. The summed E-state index contributed by atoms with van der Waals surface area (Å²) in [5, 5.41) is 0. The fourth-order valence-corrected chi connectivity index (χ4v) is 3.05. The van der Waals surface area contributed by atoms with E-state index >= 15 is 0 Å². The van der Waals surface area contributed by atoms with Gasteiger partial charge in [0, 0.05) is 5.57 Å². The van der Waals surface area contributed by atoms with Crippen LogP contribution in [0.1, 0.15) is 53.9 Å². The van der Waals surface area contributed by atoms with Crippen molar-refractivity contribution in [3.05, 3.63) is 12.2 Å². The average molecular weight is 254 g/mol. The molecule has 1 saturated carbocycles. The van der Waals surface area contributed by atoms with Crippen LogP contribution < -0.4 is 0 Å². The Balaban J connectivity index is 2.57. The molecule has 0 spiro atoms. The lowest BCUT2D eigenvalue weighted by Gasteiger charge is -2.48. The van der Waals surface area contributed by atoms with Crippen LogP contribution in [0.25, 0.3) is 0 Å². The maximum atomic E-state index is 11.3. The molecule has 3 nitrogen and oxygen atoms in total. The van der Waals surface area contributed by atoms with Gasteiger partial charge in [0.1, 0.15) is 0 Å². The minimum absolute atomic E-state index is 0.0171. The van der Waals surface area contributed by atoms with Crippen LogP contribution in [-0.4, -0.2) is 18.9 Å². The Bertz CT molecular complexity index is 313. The van der Waals surface area contributed by atoms with Gasteiger partial charge in [-0.1, -0.05) is 40.7 Å². The van der Waals surface area contributed by atoms with Crippen molar-refractivity contribution < 1.29 is 14.3 Å². The van der Waals surface area contributed by atoms with Crippen molar-refractivity contribution in [3.8, 4) is 0 Å². The number of hydrogen-bond donors (Lipinski definition) is 0. The van der Waals surface area contributed by atoms with Gasteiger partial charge in [-0.15, -0.1) is 0 Å². The van der Waals surface area contributed by atoms with E-state index in [1.807, 2.05) is 0 Å². The van der Waals surface area contributed by atoms with Crippen molar-refractivity contribution in [1.82, 2.24) is 0 Å². The molecule has 1 aliphatic rings. The molecule has 104 valence electrons. The molecule has 1 aliphatic carbocycles. The van der Waals surface area contributed by atoms with E-state index in [1.54, 1.807) is 6.92 Å². The fraction of sp³-hybridized carbons (Fsp3) is 0.800. The molecular formula is C15H26O3. The van der Waals surface area contributed by atoms with Crippen LogP contribution in [0.2, 0.25) is 0 Å². The topological polar surface area (TPSA) is 35.5 Å². The second kappa shape index (κ2) is 5.43. The van der Waals surface area contributed by atoms with Gasteiger partial charge in [0.25, 0.3) is 0 Å². The zero-order valence-electron chi connectivity index (χ0n) is 12.3. The molecule has 0 aromatic carbocycles. The van der Waals surface area contributed by atoms with Gasteiger partial charge >= 0.3 is 5.97 Å². The molecule has 1 rings (SSSR count). The van der Waals surface area contributed by atoms with Crippen molar-refractivity contribution >= 4 is 5.97 Å². The van der Waals surface area contributed by atoms with E-state index in [1.165, 1.54) is 6.42 Å². The lowest BCUT2D eigenvalue weighted by Crippen LogP contribution is -2.47. The normalized spacial score (nSPS) is 22.5. The number of rotatable bonds is 4. The molecule has 0 atom stereocenters. The molecule has 0 aromatic rings. The van der Waals surface area contributed by atoms with Crippen LogP contribution in [0, 0.1) is 10.8 Å². The Morgan fingerprint density at radius 2 is 1.72 bits per heavy atom. The maximum absolute atomic E-state index is 11.3. The molecule has 0 amide bonds. The van der Waals surface area contributed by atoms with Crippen LogP contribution >= 0.6 is 0 Å². The Labute approximate surface area is 111 Å². The van der Waals surface area contributed by atoms with Crippen molar-refractivity contribution in [2.75, 3.05) is 6.79 Å². The lowest BCUT2D eigenvalue weighted by molar-refractivity contribution is -0.186. The van der Waals surface area contributed by atoms with E-state index in [0.717, 1.165) is 12.8 Å². The Kier molecular flexibility index (Phi) is 4.60. The standard InChI is InChI=1S/C15H26O3/c1-11(2)12(16)17-10-18-13-14(3,4)8-7-9-15(13,5)6/h13H,1,7-10H2,2-6H3. The van der Waals surface area contributed by atoms with Crippen LogP contribution in [0.5, 0.6) is 0 Å². The monoisotopic (exact) mass is 254 g/mol. The first-order valence-corrected chi connectivity index (χ1v) is 6.61. The van der Waals surface area contributed by atoms with Crippen LogP contribution in [0.4, 0.5) is 0 Å². The first-order chi connectivity index (χ1) is 8.17. The van der Waals surface area contributed by atoms with Gasteiger partial charge in [0.05, 0.1) is 6.10 Å². The van der Waals surface area contributed by atoms with Crippen molar-refractivity contribution in [2.24, 2.45) is 10.8 Å². The maximum Gasteiger partial charge on any atom is 0.335 e. The summed E-state index contributed by atoms with van der Waals surface area (Å²) < 4.78 is 10.9. The molecule has 0 bridgehead atoms. The molecule has 0 unspecified atom stereocenters. The van der Waals surface area contributed by atoms with E-state index in [0.29, 0.717) is 5.57 Å². The number of carbonyl (C=O) groups excluding carboxylic acids is 1. The molecule has 18 heavy (non-hydrogen) atoms. The van der Waals surface area contributed by atoms with Gasteiger partial charge in [0.2, 0.25) is 0 Å².